The zero-order valence-electron chi connectivity index (χ0n) is 11.4. The fraction of sp³-hybridized carbons (Fsp3) is 0.562. The highest BCUT2D eigenvalue weighted by atomic mass is 16.5. The number of hydrogen-bond acceptors (Lipinski definition) is 3. The van der Waals surface area contributed by atoms with Crippen LogP contribution in [0.4, 0.5) is 0 Å². The van der Waals surface area contributed by atoms with Crippen LogP contribution in [-0.4, -0.2) is 26.0 Å². The predicted octanol–water partition coefficient (Wildman–Crippen LogP) is 2.30. The van der Waals surface area contributed by atoms with E-state index in [1.807, 2.05) is 12.1 Å². The Morgan fingerprint density at radius 3 is 3.16 bits per heavy atom. The van der Waals surface area contributed by atoms with E-state index in [-0.39, 0.29) is 5.41 Å². The van der Waals surface area contributed by atoms with Gasteiger partial charge in [0.05, 0.1) is 7.11 Å². The topological polar surface area (TPSA) is 38.3 Å². The van der Waals surface area contributed by atoms with Gasteiger partial charge in [0, 0.05) is 18.3 Å². The highest BCUT2D eigenvalue weighted by Gasteiger charge is 2.46. The molecular weight excluding hydrogens is 238 g/mol. The zero-order chi connectivity index (χ0) is 13.3. The van der Waals surface area contributed by atoms with Crippen molar-refractivity contribution in [3.63, 3.8) is 0 Å². The molecule has 2 aliphatic rings. The van der Waals surface area contributed by atoms with E-state index in [1.54, 1.807) is 7.11 Å². The van der Waals surface area contributed by atoms with Gasteiger partial charge in [0.1, 0.15) is 11.5 Å². The van der Waals surface area contributed by atoms with Crippen LogP contribution in [0.1, 0.15) is 31.2 Å². The molecular formula is C16H21NO2. The lowest BCUT2D eigenvalue weighted by atomic mass is 9.59. The highest BCUT2D eigenvalue weighted by Crippen LogP contribution is 2.46. The van der Waals surface area contributed by atoms with Crippen LogP contribution in [0.15, 0.2) is 24.3 Å². The fourth-order valence-electron chi connectivity index (χ4n) is 3.79. The van der Waals surface area contributed by atoms with E-state index in [9.17, 15) is 4.79 Å². The summed E-state index contributed by atoms with van der Waals surface area (Å²) >= 11 is 0. The molecule has 1 aliphatic carbocycles. The summed E-state index contributed by atoms with van der Waals surface area (Å²) in [5.74, 6) is 1.88. The van der Waals surface area contributed by atoms with E-state index < -0.39 is 0 Å². The van der Waals surface area contributed by atoms with Crippen LogP contribution in [-0.2, 0) is 10.2 Å². The SMILES string of the molecule is COc1cccc([C@]23CCNC[C@H]2CCC(=O)C3)c1. The maximum atomic E-state index is 12.0. The molecule has 1 saturated carbocycles. The largest absolute Gasteiger partial charge is 0.497 e. The molecule has 2 fully saturated rings. The first-order valence-corrected chi connectivity index (χ1v) is 7.11. The van der Waals surface area contributed by atoms with Gasteiger partial charge in [-0.25, -0.2) is 0 Å². The maximum absolute atomic E-state index is 12.0. The van der Waals surface area contributed by atoms with E-state index in [0.717, 1.165) is 38.1 Å². The van der Waals surface area contributed by atoms with Crippen LogP contribution in [0, 0.1) is 5.92 Å². The number of fused-ring (bicyclic) bond motifs is 1. The number of ether oxygens (including phenoxy) is 1. The van der Waals surface area contributed by atoms with Gasteiger partial charge in [0.2, 0.25) is 0 Å². The molecule has 1 aliphatic heterocycles. The standard InChI is InChI=1S/C16H21NO2/c1-19-15-4-2-3-12(9-15)16-7-8-17-11-13(16)5-6-14(18)10-16/h2-4,9,13,17H,5-8,10-11H2,1H3/t13-,16-/m1/s1. The Balaban J connectivity index is 2.02. The quantitative estimate of drug-likeness (QED) is 0.885. The molecule has 0 aromatic heterocycles. The van der Waals surface area contributed by atoms with Crippen molar-refractivity contribution in [1.82, 2.24) is 5.32 Å². The maximum Gasteiger partial charge on any atom is 0.133 e. The molecule has 0 unspecified atom stereocenters. The van der Waals surface area contributed by atoms with E-state index in [0.29, 0.717) is 18.1 Å². The highest BCUT2D eigenvalue weighted by molar-refractivity contribution is 5.81. The number of Topliss-reactive ketones (excluding diaryl/α,β-unsaturated/α-hetero) is 1. The van der Waals surface area contributed by atoms with Gasteiger partial charge in [0.25, 0.3) is 0 Å². The van der Waals surface area contributed by atoms with Crippen molar-refractivity contribution in [1.29, 1.82) is 0 Å². The molecule has 3 heteroatoms. The minimum atomic E-state index is 0.0368. The van der Waals surface area contributed by atoms with Crippen LogP contribution >= 0.6 is 0 Å². The van der Waals surface area contributed by atoms with Crippen molar-refractivity contribution in [2.24, 2.45) is 5.92 Å². The summed E-state index contributed by atoms with van der Waals surface area (Å²) in [5, 5.41) is 3.48. The summed E-state index contributed by atoms with van der Waals surface area (Å²) in [6.45, 7) is 2.03. The lowest BCUT2D eigenvalue weighted by Crippen LogP contribution is -2.51. The van der Waals surface area contributed by atoms with Crippen LogP contribution in [0.5, 0.6) is 5.75 Å². The zero-order valence-corrected chi connectivity index (χ0v) is 11.4. The van der Waals surface area contributed by atoms with Crippen molar-refractivity contribution in [3.05, 3.63) is 29.8 Å². The van der Waals surface area contributed by atoms with Crippen molar-refractivity contribution in [2.75, 3.05) is 20.2 Å². The number of nitrogens with one attached hydrogen (secondary N) is 1. The molecule has 0 bridgehead atoms. The van der Waals surface area contributed by atoms with Crippen molar-refractivity contribution < 1.29 is 9.53 Å². The van der Waals surface area contributed by atoms with Gasteiger partial charge in [-0.3, -0.25) is 4.79 Å². The van der Waals surface area contributed by atoms with Gasteiger partial charge < -0.3 is 10.1 Å². The van der Waals surface area contributed by atoms with Gasteiger partial charge in [-0.15, -0.1) is 0 Å². The molecule has 102 valence electrons. The Morgan fingerprint density at radius 1 is 1.42 bits per heavy atom. The second-order valence-corrected chi connectivity index (χ2v) is 5.79. The Morgan fingerprint density at radius 2 is 2.32 bits per heavy atom. The van der Waals surface area contributed by atoms with Crippen LogP contribution < -0.4 is 10.1 Å². The third-order valence-corrected chi connectivity index (χ3v) is 4.85. The van der Waals surface area contributed by atoms with Gasteiger partial charge in [-0.1, -0.05) is 12.1 Å². The second-order valence-electron chi connectivity index (χ2n) is 5.79. The lowest BCUT2D eigenvalue weighted by molar-refractivity contribution is -0.124. The van der Waals surface area contributed by atoms with Crippen LogP contribution in [0.3, 0.4) is 0 Å². The molecule has 0 amide bonds. The second kappa shape index (κ2) is 4.97. The summed E-state index contributed by atoms with van der Waals surface area (Å²) in [6, 6.07) is 8.30. The number of carbonyl (C=O) groups excluding carboxylic acids is 1. The molecule has 1 heterocycles. The van der Waals surface area contributed by atoms with Gasteiger partial charge in [-0.05, 0) is 49.5 Å². The number of piperidine rings is 1. The van der Waals surface area contributed by atoms with E-state index in [2.05, 4.69) is 17.4 Å². The minimum absolute atomic E-state index is 0.0368. The molecule has 0 radical (unpaired) electrons. The third kappa shape index (κ3) is 2.16. The van der Waals surface area contributed by atoms with Crippen LogP contribution in [0.2, 0.25) is 0 Å². The first-order chi connectivity index (χ1) is 9.24. The normalized spacial score (nSPS) is 30.8. The molecule has 3 rings (SSSR count). The summed E-state index contributed by atoms with van der Waals surface area (Å²) < 4.78 is 5.35. The summed E-state index contributed by atoms with van der Waals surface area (Å²) in [6.07, 6.45) is 3.52. The first-order valence-electron chi connectivity index (χ1n) is 7.11. The molecule has 2 atom stereocenters. The Hall–Kier alpha value is -1.35. The van der Waals surface area contributed by atoms with E-state index in [4.69, 9.17) is 4.74 Å². The fourth-order valence-corrected chi connectivity index (χ4v) is 3.79. The van der Waals surface area contributed by atoms with Crippen LogP contribution in [0.25, 0.3) is 0 Å². The Kier molecular flexibility index (Phi) is 3.31. The molecule has 1 aromatic rings. The minimum Gasteiger partial charge on any atom is -0.497 e. The molecule has 1 aromatic carbocycles. The molecule has 1 saturated heterocycles. The number of hydrogen-bond donors (Lipinski definition) is 1. The lowest BCUT2D eigenvalue weighted by Gasteiger charge is -2.47. The smallest absolute Gasteiger partial charge is 0.133 e. The summed E-state index contributed by atoms with van der Waals surface area (Å²) in [4.78, 5) is 12.0. The first kappa shape index (κ1) is 12.7. The number of carbonyl (C=O) groups is 1. The number of methoxy groups -OCH3 is 1. The number of benzene rings is 1. The average molecular weight is 259 g/mol. The molecule has 19 heavy (non-hydrogen) atoms. The van der Waals surface area contributed by atoms with E-state index in [1.165, 1.54) is 5.56 Å². The average Bonchev–Trinajstić information content (AvgIpc) is 2.47. The Labute approximate surface area is 114 Å². The number of ketones is 1. The summed E-state index contributed by atoms with van der Waals surface area (Å²) in [5.41, 5.74) is 1.32. The monoisotopic (exact) mass is 259 g/mol. The number of rotatable bonds is 2. The summed E-state index contributed by atoms with van der Waals surface area (Å²) in [7, 11) is 1.70. The predicted molar refractivity (Wildman–Crippen MR) is 74.5 cm³/mol. The molecule has 0 spiro atoms. The molecule has 3 nitrogen and oxygen atoms in total. The molecule has 1 N–H and O–H groups in total. The van der Waals surface area contributed by atoms with Crippen molar-refractivity contribution in [2.45, 2.75) is 31.1 Å². The third-order valence-electron chi connectivity index (χ3n) is 4.85. The van der Waals surface area contributed by atoms with Crippen molar-refractivity contribution >= 4 is 5.78 Å². The van der Waals surface area contributed by atoms with Gasteiger partial charge in [0.15, 0.2) is 0 Å². The van der Waals surface area contributed by atoms with E-state index >= 15 is 0 Å². The van der Waals surface area contributed by atoms with Gasteiger partial charge >= 0.3 is 0 Å². The Bertz CT molecular complexity index is 485. The van der Waals surface area contributed by atoms with Gasteiger partial charge in [-0.2, -0.15) is 0 Å². The van der Waals surface area contributed by atoms with Crippen molar-refractivity contribution in [3.8, 4) is 5.75 Å².